The Kier molecular flexibility index (Phi) is 4.79. The number of hydrogen-bond donors (Lipinski definition) is 2. The Morgan fingerprint density at radius 3 is 2.43 bits per heavy atom. The number of benzene rings is 2. The molecule has 1 atom stereocenters. The van der Waals surface area contributed by atoms with E-state index in [1.54, 1.807) is 25.3 Å². The summed E-state index contributed by atoms with van der Waals surface area (Å²) in [7, 11) is 2.88. The third-order valence-electron chi connectivity index (χ3n) is 3.18. The van der Waals surface area contributed by atoms with Crippen LogP contribution in [-0.4, -0.2) is 20.3 Å². The van der Waals surface area contributed by atoms with Crippen LogP contribution in [0.25, 0.3) is 0 Å². The van der Waals surface area contributed by atoms with Crippen molar-refractivity contribution in [2.24, 2.45) is 5.73 Å². The first-order valence-electron chi connectivity index (χ1n) is 6.49. The first-order chi connectivity index (χ1) is 10.2. The minimum Gasteiger partial charge on any atom is -0.496 e. The number of amides is 1. The standard InChI is InChI=1S/C16H18N2O3/c1-20-13-10-6-9-12(18-16(19)21-2)14(13)15(17)11-7-4-3-5-8-11/h3-10,15H,17H2,1-2H3,(H,18,19). The Hall–Kier alpha value is -2.53. The number of carbonyl (C=O) groups is 1. The van der Waals surface area contributed by atoms with Crippen molar-refractivity contribution in [3.8, 4) is 5.75 Å². The van der Waals surface area contributed by atoms with E-state index >= 15 is 0 Å². The second-order valence-electron chi connectivity index (χ2n) is 4.43. The minimum atomic E-state index is -0.551. The zero-order valence-electron chi connectivity index (χ0n) is 12.0. The molecule has 2 aromatic carbocycles. The highest BCUT2D eigenvalue weighted by atomic mass is 16.5. The molecule has 1 unspecified atom stereocenters. The van der Waals surface area contributed by atoms with E-state index in [1.165, 1.54) is 7.11 Å². The van der Waals surface area contributed by atoms with Gasteiger partial charge in [-0.15, -0.1) is 0 Å². The molecule has 0 saturated heterocycles. The van der Waals surface area contributed by atoms with Crippen LogP contribution in [0.5, 0.6) is 5.75 Å². The number of anilines is 1. The number of ether oxygens (including phenoxy) is 2. The summed E-state index contributed by atoms with van der Waals surface area (Å²) in [5.41, 5.74) is 8.54. The number of nitrogens with one attached hydrogen (secondary N) is 1. The molecule has 5 nitrogen and oxygen atoms in total. The maximum Gasteiger partial charge on any atom is 0.411 e. The van der Waals surface area contributed by atoms with E-state index in [0.29, 0.717) is 17.0 Å². The average Bonchev–Trinajstić information content (AvgIpc) is 2.54. The summed E-state index contributed by atoms with van der Waals surface area (Å²) in [6.07, 6.45) is -0.551. The second kappa shape index (κ2) is 6.76. The number of hydrogen-bond acceptors (Lipinski definition) is 4. The van der Waals surface area contributed by atoms with Gasteiger partial charge in [-0.1, -0.05) is 36.4 Å². The number of carbonyl (C=O) groups excluding carboxylic acids is 1. The van der Waals surface area contributed by atoms with Crippen molar-refractivity contribution in [2.45, 2.75) is 6.04 Å². The summed E-state index contributed by atoms with van der Waals surface area (Å²) in [6, 6.07) is 14.5. The van der Waals surface area contributed by atoms with E-state index < -0.39 is 12.1 Å². The molecule has 5 heteroatoms. The molecule has 21 heavy (non-hydrogen) atoms. The third kappa shape index (κ3) is 3.32. The lowest BCUT2D eigenvalue weighted by atomic mass is 9.97. The van der Waals surface area contributed by atoms with E-state index in [9.17, 15) is 4.79 Å². The van der Waals surface area contributed by atoms with E-state index in [2.05, 4.69) is 10.1 Å². The van der Waals surface area contributed by atoms with Crippen LogP contribution in [0.1, 0.15) is 17.2 Å². The summed E-state index contributed by atoms with van der Waals surface area (Å²) in [5, 5.41) is 2.66. The highest BCUT2D eigenvalue weighted by Crippen LogP contribution is 2.34. The highest BCUT2D eigenvalue weighted by Gasteiger charge is 2.19. The Morgan fingerprint density at radius 1 is 1.10 bits per heavy atom. The van der Waals surface area contributed by atoms with E-state index in [1.807, 2.05) is 30.3 Å². The van der Waals surface area contributed by atoms with Gasteiger partial charge in [0.05, 0.1) is 25.9 Å². The van der Waals surface area contributed by atoms with Gasteiger partial charge in [0.25, 0.3) is 0 Å². The number of methoxy groups -OCH3 is 2. The van der Waals surface area contributed by atoms with Crippen molar-refractivity contribution in [3.63, 3.8) is 0 Å². The SMILES string of the molecule is COC(=O)Nc1cccc(OC)c1C(N)c1ccccc1. The van der Waals surface area contributed by atoms with Crippen molar-refractivity contribution < 1.29 is 14.3 Å². The quantitative estimate of drug-likeness (QED) is 0.906. The van der Waals surface area contributed by atoms with Crippen LogP contribution in [0.3, 0.4) is 0 Å². The van der Waals surface area contributed by atoms with Crippen LogP contribution >= 0.6 is 0 Å². The molecule has 0 fully saturated rings. The lowest BCUT2D eigenvalue weighted by Gasteiger charge is -2.20. The molecule has 0 aliphatic carbocycles. The van der Waals surface area contributed by atoms with Crippen molar-refractivity contribution in [3.05, 3.63) is 59.7 Å². The molecule has 0 aliphatic rings. The Labute approximate surface area is 123 Å². The van der Waals surface area contributed by atoms with Gasteiger partial charge < -0.3 is 15.2 Å². The van der Waals surface area contributed by atoms with Crippen molar-refractivity contribution >= 4 is 11.8 Å². The van der Waals surface area contributed by atoms with Crippen LogP contribution in [0.4, 0.5) is 10.5 Å². The number of nitrogens with two attached hydrogens (primary N) is 1. The smallest absolute Gasteiger partial charge is 0.411 e. The van der Waals surface area contributed by atoms with Crippen LogP contribution in [0.2, 0.25) is 0 Å². The lowest BCUT2D eigenvalue weighted by Crippen LogP contribution is -2.18. The minimum absolute atomic E-state index is 0.422. The maximum absolute atomic E-state index is 11.5. The van der Waals surface area contributed by atoms with Gasteiger partial charge in [0.1, 0.15) is 5.75 Å². The monoisotopic (exact) mass is 286 g/mol. The topological polar surface area (TPSA) is 73.6 Å². The Balaban J connectivity index is 2.46. The zero-order chi connectivity index (χ0) is 15.2. The molecule has 0 saturated carbocycles. The zero-order valence-corrected chi connectivity index (χ0v) is 12.0. The lowest BCUT2D eigenvalue weighted by molar-refractivity contribution is 0.187. The molecule has 0 heterocycles. The average molecular weight is 286 g/mol. The first-order valence-corrected chi connectivity index (χ1v) is 6.49. The summed E-state index contributed by atoms with van der Waals surface area (Å²) in [5.74, 6) is 0.611. The van der Waals surface area contributed by atoms with Gasteiger partial charge in [-0.3, -0.25) is 5.32 Å². The molecule has 2 aromatic rings. The Morgan fingerprint density at radius 2 is 1.81 bits per heavy atom. The molecule has 0 aromatic heterocycles. The summed E-state index contributed by atoms with van der Waals surface area (Å²) < 4.78 is 10.0. The van der Waals surface area contributed by atoms with E-state index in [-0.39, 0.29) is 0 Å². The fourth-order valence-electron chi connectivity index (χ4n) is 2.14. The predicted octanol–water partition coefficient (Wildman–Crippen LogP) is 2.92. The van der Waals surface area contributed by atoms with E-state index in [0.717, 1.165) is 5.56 Å². The predicted molar refractivity (Wildman–Crippen MR) is 81.5 cm³/mol. The van der Waals surface area contributed by atoms with Crippen LogP contribution in [0, 0.1) is 0 Å². The second-order valence-corrected chi connectivity index (χ2v) is 4.43. The molecule has 0 bridgehead atoms. The molecule has 1 amide bonds. The largest absolute Gasteiger partial charge is 0.496 e. The molecule has 2 rings (SSSR count). The molecule has 110 valence electrons. The fourth-order valence-corrected chi connectivity index (χ4v) is 2.14. The fraction of sp³-hybridized carbons (Fsp3) is 0.188. The third-order valence-corrected chi connectivity index (χ3v) is 3.18. The van der Waals surface area contributed by atoms with Crippen molar-refractivity contribution in [1.29, 1.82) is 0 Å². The summed E-state index contributed by atoms with van der Waals surface area (Å²) in [6.45, 7) is 0. The number of rotatable bonds is 4. The van der Waals surface area contributed by atoms with Crippen LogP contribution < -0.4 is 15.8 Å². The highest BCUT2D eigenvalue weighted by molar-refractivity contribution is 5.86. The first kappa shape index (κ1) is 14.9. The van der Waals surface area contributed by atoms with Crippen LogP contribution in [0.15, 0.2) is 48.5 Å². The molecular weight excluding hydrogens is 268 g/mol. The van der Waals surface area contributed by atoms with Gasteiger partial charge in [-0.2, -0.15) is 0 Å². The normalized spacial score (nSPS) is 11.6. The molecule has 0 aliphatic heterocycles. The summed E-state index contributed by atoms with van der Waals surface area (Å²) in [4.78, 5) is 11.5. The van der Waals surface area contributed by atoms with E-state index in [4.69, 9.17) is 10.5 Å². The van der Waals surface area contributed by atoms with Gasteiger partial charge in [0.15, 0.2) is 0 Å². The van der Waals surface area contributed by atoms with Gasteiger partial charge in [0.2, 0.25) is 0 Å². The molecular formula is C16H18N2O3. The Bertz CT molecular complexity index is 614. The van der Waals surface area contributed by atoms with Gasteiger partial charge in [-0.25, -0.2) is 4.79 Å². The van der Waals surface area contributed by atoms with Crippen molar-refractivity contribution in [2.75, 3.05) is 19.5 Å². The molecule has 0 radical (unpaired) electrons. The van der Waals surface area contributed by atoms with Gasteiger partial charge in [-0.05, 0) is 17.7 Å². The molecule has 3 N–H and O–H groups in total. The van der Waals surface area contributed by atoms with Crippen LogP contribution in [-0.2, 0) is 4.74 Å². The van der Waals surface area contributed by atoms with Gasteiger partial charge >= 0.3 is 6.09 Å². The molecule has 0 spiro atoms. The summed E-state index contributed by atoms with van der Waals surface area (Å²) >= 11 is 0. The maximum atomic E-state index is 11.5. The van der Waals surface area contributed by atoms with Crippen molar-refractivity contribution in [1.82, 2.24) is 0 Å². The van der Waals surface area contributed by atoms with Gasteiger partial charge in [0, 0.05) is 5.56 Å².